The molecule has 1 saturated heterocycles. The fraction of sp³-hybridized carbons (Fsp3) is 0.636. The number of aliphatic carboxylic acids is 1. The van der Waals surface area contributed by atoms with Gasteiger partial charge in [0.25, 0.3) is 5.91 Å². The first-order chi connectivity index (χ1) is 9.06. The van der Waals surface area contributed by atoms with Gasteiger partial charge in [-0.3, -0.25) is 19.6 Å². The lowest BCUT2D eigenvalue weighted by Crippen LogP contribution is -2.37. The zero-order valence-electron chi connectivity index (χ0n) is 10.8. The number of aryl methyl sites for hydroxylation is 1. The molecule has 19 heavy (non-hydrogen) atoms. The maximum atomic E-state index is 12.1. The summed E-state index contributed by atoms with van der Waals surface area (Å²) in [6.45, 7) is 4.09. The van der Waals surface area contributed by atoms with Gasteiger partial charge in [-0.25, -0.2) is 4.98 Å². The monoisotopic (exact) mass is 267 g/mol. The predicted molar refractivity (Wildman–Crippen MR) is 65.7 cm³/mol. The van der Waals surface area contributed by atoms with Gasteiger partial charge in [0.2, 0.25) is 5.82 Å². The summed E-state index contributed by atoms with van der Waals surface area (Å²) in [4.78, 5) is 30.3. The quantitative estimate of drug-likeness (QED) is 0.754. The van der Waals surface area contributed by atoms with E-state index in [9.17, 15) is 9.59 Å². The van der Waals surface area contributed by atoms with E-state index in [-0.39, 0.29) is 18.3 Å². The Bertz CT molecular complexity index is 473. The lowest BCUT2D eigenvalue weighted by atomic mass is 10.3. The van der Waals surface area contributed by atoms with Crippen molar-refractivity contribution >= 4 is 11.9 Å². The van der Waals surface area contributed by atoms with E-state index >= 15 is 0 Å². The first-order valence-electron chi connectivity index (χ1n) is 6.18. The van der Waals surface area contributed by atoms with Gasteiger partial charge in [0, 0.05) is 26.2 Å². The van der Waals surface area contributed by atoms with Crippen LogP contribution in [0.1, 0.15) is 22.9 Å². The van der Waals surface area contributed by atoms with E-state index in [2.05, 4.69) is 15.2 Å². The Balaban J connectivity index is 1.95. The van der Waals surface area contributed by atoms with Crippen molar-refractivity contribution in [2.24, 2.45) is 0 Å². The molecule has 0 radical (unpaired) electrons. The largest absolute Gasteiger partial charge is 0.480 e. The lowest BCUT2D eigenvalue weighted by Gasteiger charge is -2.19. The molecule has 1 aromatic heterocycles. The molecule has 0 aliphatic carbocycles. The van der Waals surface area contributed by atoms with E-state index in [1.165, 1.54) is 0 Å². The van der Waals surface area contributed by atoms with Crippen molar-refractivity contribution in [2.45, 2.75) is 13.3 Å². The molecule has 0 atom stereocenters. The molecule has 1 aliphatic heterocycles. The third-order valence-electron chi connectivity index (χ3n) is 3.02. The van der Waals surface area contributed by atoms with Gasteiger partial charge in [-0.15, -0.1) is 5.10 Å². The summed E-state index contributed by atoms with van der Waals surface area (Å²) in [6, 6.07) is 0. The van der Waals surface area contributed by atoms with E-state index in [4.69, 9.17) is 5.11 Å². The number of carboxylic acids is 1. The maximum Gasteiger partial charge on any atom is 0.317 e. The second kappa shape index (κ2) is 5.79. The van der Waals surface area contributed by atoms with Crippen LogP contribution in [-0.4, -0.2) is 74.7 Å². The van der Waals surface area contributed by atoms with Crippen LogP contribution in [0, 0.1) is 6.92 Å². The summed E-state index contributed by atoms with van der Waals surface area (Å²) in [5, 5.41) is 15.3. The van der Waals surface area contributed by atoms with Crippen LogP contribution in [0.25, 0.3) is 0 Å². The Hall–Kier alpha value is -1.96. The molecule has 2 rings (SSSR count). The second-order valence-electron chi connectivity index (χ2n) is 4.56. The SMILES string of the molecule is Cc1nc(C(=O)N2CCCN(CC(=O)O)CC2)n[nH]1. The Morgan fingerprint density at radius 2 is 2.11 bits per heavy atom. The number of rotatable bonds is 3. The van der Waals surface area contributed by atoms with E-state index in [1.54, 1.807) is 11.8 Å². The molecule has 0 bridgehead atoms. The topological polar surface area (TPSA) is 102 Å². The van der Waals surface area contributed by atoms with Gasteiger partial charge in [0.15, 0.2) is 0 Å². The highest BCUT2D eigenvalue weighted by atomic mass is 16.4. The number of H-pyrrole nitrogens is 1. The zero-order chi connectivity index (χ0) is 13.8. The van der Waals surface area contributed by atoms with Gasteiger partial charge in [0.1, 0.15) is 5.82 Å². The number of carbonyl (C=O) groups is 2. The van der Waals surface area contributed by atoms with Crippen molar-refractivity contribution in [1.29, 1.82) is 0 Å². The Morgan fingerprint density at radius 1 is 1.32 bits per heavy atom. The van der Waals surface area contributed by atoms with Gasteiger partial charge in [-0.1, -0.05) is 0 Å². The molecule has 0 saturated carbocycles. The molecule has 1 aliphatic rings. The Kier molecular flexibility index (Phi) is 4.10. The number of aromatic nitrogens is 3. The summed E-state index contributed by atoms with van der Waals surface area (Å²) in [6.07, 6.45) is 0.752. The minimum atomic E-state index is -0.843. The molecule has 0 aromatic carbocycles. The van der Waals surface area contributed by atoms with Gasteiger partial charge < -0.3 is 10.0 Å². The van der Waals surface area contributed by atoms with Crippen molar-refractivity contribution in [2.75, 3.05) is 32.7 Å². The van der Waals surface area contributed by atoms with Crippen molar-refractivity contribution in [3.63, 3.8) is 0 Å². The predicted octanol–water partition coefficient (Wildman–Crippen LogP) is -0.654. The maximum absolute atomic E-state index is 12.1. The number of nitrogens with zero attached hydrogens (tertiary/aromatic N) is 4. The molecule has 1 fully saturated rings. The van der Waals surface area contributed by atoms with Gasteiger partial charge in [0.05, 0.1) is 6.54 Å². The molecule has 8 nitrogen and oxygen atoms in total. The van der Waals surface area contributed by atoms with Crippen LogP contribution < -0.4 is 0 Å². The average molecular weight is 267 g/mol. The third-order valence-corrected chi connectivity index (χ3v) is 3.02. The normalized spacial score (nSPS) is 17.2. The summed E-state index contributed by atoms with van der Waals surface area (Å²) in [5.74, 6) is -0.277. The summed E-state index contributed by atoms with van der Waals surface area (Å²) in [7, 11) is 0. The average Bonchev–Trinajstić information content (AvgIpc) is 2.65. The molecule has 104 valence electrons. The number of nitrogens with one attached hydrogen (secondary N) is 1. The van der Waals surface area contributed by atoms with Gasteiger partial charge in [-0.05, 0) is 13.3 Å². The molecular weight excluding hydrogens is 250 g/mol. The molecule has 2 N–H and O–H groups in total. The smallest absolute Gasteiger partial charge is 0.317 e. The van der Waals surface area contributed by atoms with E-state index in [0.717, 1.165) is 6.42 Å². The molecular formula is C11H17N5O3. The van der Waals surface area contributed by atoms with Crippen molar-refractivity contribution in [3.05, 3.63) is 11.6 Å². The fourth-order valence-electron chi connectivity index (χ4n) is 2.10. The highest BCUT2D eigenvalue weighted by Gasteiger charge is 2.23. The highest BCUT2D eigenvalue weighted by molar-refractivity contribution is 5.90. The molecule has 1 aromatic rings. The summed E-state index contributed by atoms with van der Waals surface area (Å²) >= 11 is 0. The first kappa shape index (κ1) is 13.5. The molecule has 1 amide bonds. The number of carboxylic acid groups (broad SMARTS) is 1. The molecule has 0 spiro atoms. The Labute approximate surface area is 110 Å². The fourth-order valence-corrected chi connectivity index (χ4v) is 2.10. The van der Waals surface area contributed by atoms with Crippen LogP contribution in [0.3, 0.4) is 0 Å². The van der Waals surface area contributed by atoms with Crippen LogP contribution in [0.2, 0.25) is 0 Å². The van der Waals surface area contributed by atoms with Crippen molar-refractivity contribution in [1.82, 2.24) is 25.0 Å². The molecule has 0 unspecified atom stereocenters. The van der Waals surface area contributed by atoms with Gasteiger partial charge >= 0.3 is 5.97 Å². The Morgan fingerprint density at radius 3 is 2.74 bits per heavy atom. The summed E-state index contributed by atoms with van der Waals surface area (Å²) < 4.78 is 0. The first-order valence-corrected chi connectivity index (χ1v) is 6.18. The second-order valence-corrected chi connectivity index (χ2v) is 4.56. The summed E-state index contributed by atoms with van der Waals surface area (Å²) in [5.41, 5.74) is 0. The number of hydrogen-bond acceptors (Lipinski definition) is 5. The lowest BCUT2D eigenvalue weighted by molar-refractivity contribution is -0.138. The minimum Gasteiger partial charge on any atom is -0.480 e. The van der Waals surface area contributed by atoms with E-state index in [1.807, 2.05) is 4.90 Å². The third kappa shape index (κ3) is 3.50. The van der Waals surface area contributed by atoms with Gasteiger partial charge in [-0.2, -0.15) is 0 Å². The standard InChI is InChI=1S/C11H17N5O3/c1-8-12-10(14-13-8)11(19)16-4-2-3-15(5-6-16)7-9(17)18/h2-7H2,1H3,(H,17,18)(H,12,13,14). The highest BCUT2D eigenvalue weighted by Crippen LogP contribution is 2.06. The van der Waals surface area contributed by atoms with Crippen molar-refractivity contribution in [3.8, 4) is 0 Å². The van der Waals surface area contributed by atoms with Crippen LogP contribution in [0.15, 0.2) is 0 Å². The molecule has 2 heterocycles. The zero-order valence-corrected chi connectivity index (χ0v) is 10.8. The van der Waals surface area contributed by atoms with E-state index in [0.29, 0.717) is 32.0 Å². The van der Waals surface area contributed by atoms with Crippen LogP contribution in [0.4, 0.5) is 0 Å². The number of carbonyl (C=O) groups excluding carboxylic acids is 1. The number of amides is 1. The minimum absolute atomic E-state index is 0.0157. The van der Waals surface area contributed by atoms with E-state index < -0.39 is 5.97 Å². The van der Waals surface area contributed by atoms with Crippen LogP contribution >= 0.6 is 0 Å². The van der Waals surface area contributed by atoms with Crippen LogP contribution in [-0.2, 0) is 4.79 Å². The van der Waals surface area contributed by atoms with Crippen molar-refractivity contribution < 1.29 is 14.7 Å². The van der Waals surface area contributed by atoms with Crippen LogP contribution in [0.5, 0.6) is 0 Å². The number of hydrogen-bond donors (Lipinski definition) is 2. The molecule has 8 heteroatoms. The number of aromatic amines is 1.